The van der Waals surface area contributed by atoms with Gasteiger partial charge in [-0.2, -0.15) is 0 Å². The Hall–Kier alpha value is -0.0400. The van der Waals surface area contributed by atoms with E-state index in [1.165, 1.54) is 32.1 Å². The molecule has 0 rings (SSSR count). The minimum absolute atomic E-state index is 0.742. The van der Waals surface area contributed by atoms with E-state index < -0.39 is 0 Å². The van der Waals surface area contributed by atoms with Crippen LogP contribution in [0, 0.1) is 11.8 Å². The first-order chi connectivity index (χ1) is 7.13. The molecule has 0 amide bonds. The van der Waals surface area contributed by atoms with Crippen LogP contribution in [-0.2, 0) is 0 Å². The van der Waals surface area contributed by atoms with E-state index in [9.17, 15) is 0 Å². The maximum absolute atomic E-state index is 3.64. The second kappa shape index (κ2) is 9.21. The molecule has 0 spiro atoms. The van der Waals surface area contributed by atoms with E-state index in [2.05, 4.69) is 39.9 Å². The van der Waals surface area contributed by atoms with Crippen molar-refractivity contribution in [2.24, 2.45) is 11.8 Å². The van der Waals surface area contributed by atoms with Gasteiger partial charge in [0.15, 0.2) is 0 Å². The average Bonchev–Trinajstić information content (AvgIpc) is 2.18. The lowest BCUT2D eigenvalue weighted by atomic mass is 9.90. The molecule has 0 aromatic carbocycles. The van der Waals surface area contributed by atoms with E-state index in [-0.39, 0.29) is 0 Å². The standard InChI is InChI=1S/C14H31N/c1-6-9-13(5)11-14(15-8-3)10-12(4)7-2/h12-15H,6-11H2,1-5H3. The van der Waals surface area contributed by atoms with Gasteiger partial charge in [0.05, 0.1) is 0 Å². The van der Waals surface area contributed by atoms with Gasteiger partial charge in [0, 0.05) is 6.04 Å². The topological polar surface area (TPSA) is 12.0 Å². The van der Waals surface area contributed by atoms with Crippen molar-refractivity contribution in [2.75, 3.05) is 6.54 Å². The molecule has 0 heterocycles. The maximum Gasteiger partial charge on any atom is 0.00720 e. The monoisotopic (exact) mass is 213 g/mol. The van der Waals surface area contributed by atoms with E-state index >= 15 is 0 Å². The van der Waals surface area contributed by atoms with Gasteiger partial charge in [0.25, 0.3) is 0 Å². The van der Waals surface area contributed by atoms with E-state index in [0.717, 1.165) is 24.4 Å². The quantitative estimate of drug-likeness (QED) is 0.604. The summed E-state index contributed by atoms with van der Waals surface area (Å²) in [6.45, 7) is 12.7. The number of hydrogen-bond donors (Lipinski definition) is 1. The predicted octanol–water partition coefficient (Wildman–Crippen LogP) is 4.23. The molecule has 1 nitrogen and oxygen atoms in total. The lowest BCUT2D eigenvalue weighted by molar-refractivity contribution is 0.330. The molecule has 15 heavy (non-hydrogen) atoms. The van der Waals surface area contributed by atoms with E-state index in [4.69, 9.17) is 0 Å². The second-order valence-corrected chi connectivity index (χ2v) is 5.13. The Kier molecular flexibility index (Phi) is 9.18. The Morgan fingerprint density at radius 1 is 0.933 bits per heavy atom. The van der Waals surface area contributed by atoms with Crippen LogP contribution in [0.3, 0.4) is 0 Å². The molecule has 0 fully saturated rings. The fourth-order valence-corrected chi connectivity index (χ4v) is 2.30. The van der Waals surface area contributed by atoms with E-state index in [1.54, 1.807) is 0 Å². The van der Waals surface area contributed by atoms with E-state index in [0.29, 0.717) is 0 Å². The fraction of sp³-hybridized carbons (Fsp3) is 1.00. The lowest BCUT2D eigenvalue weighted by Crippen LogP contribution is -2.32. The van der Waals surface area contributed by atoms with Crippen LogP contribution in [-0.4, -0.2) is 12.6 Å². The maximum atomic E-state index is 3.64. The smallest absolute Gasteiger partial charge is 0.00720 e. The molecule has 3 atom stereocenters. The zero-order valence-corrected chi connectivity index (χ0v) is 11.5. The Morgan fingerprint density at radius 2 is 1.53 bits per heavy atom. The second-order valence-electron chi connectivity index (χ2n) is 5.13. The zero-order valence-electron chi connectivity index (χ0n) is 11.5. The Labute approximate surface area is 97.0 Å². The first kappa shape index (κ1) is 15.0. The van der Waals surface area contributed by atoms with Crippen LogP contribution in [0.15, 0.2) is 0 Å². The minimum atomic E-state index is 0.742. The van der Waals surface area contributed by atoms with E-state index in [1.807, 2.05) is 0 Å². The molecule has 0 aromatic rings. The molecule has 0 aliphatic heterocycles. The summed E-state index contributed by atoms with van der Waals surface area (Å²) in [5.74, 6) is 1.74. The summed E-state index contributed by atoms with van der Waals surface area (Å²) >= 11 is 0. The normalized spacial score (nSPS) is 17.4. The first-order valence-corrected chi connectivity index (χ1v) is 6.87. The lowest BCUT2D eigenvalue weighted by Gasteiger charge is -2.24. The Morgan fingerprint density at radius 3 is 2.00 bits per heavy atom. The highest BCUT2D eigenvalue weighted by Crippen LogP contribution is 2.18. The van der Waals surface area contributed by atoms with Crippen LogP contribution in [0.4, 0.5) is 0 Å². The molecule has 92 valence electrons. The molecule has 3 unspecified atom stereocenters. The molecule has 0 aliphatic carbocycles. The number of rotatable bonds is 9. The van der Waals surface area contributed by atoms with Gasteiger partial charge in [-0.25, -0.2) is 0 Å². The number of nitrogens with one attached hydrogen (secondary N) is 1. The van der Waals surface area contributed by atoms with Crippen LogP contribution in [0.25, 0.3) is 0 Å². The Bertz CT molecular complexity index is 133. The number of hydrogen-bond acceptors (Lipinski definition) is 1. The van der Waals surface area contributed by atoms with Gasteiger partial charge in [-0.05, 0) is 31.2 Å². The summed E-state index contributed by atoms with van der Waals surface area (Å²) in [4.78, 5) is 0. The fourth-order valence-electron chi connectivity index (χ4n) is 2.30. The van der Waals surface area contributed by atoms with Crippen LogP contribution < -0.4 is 5.32 Å². The van der Waals surface area contributed by atoms with Gasteiger partial charge in [0.1, 0.15) is 0 Å². The van der Waals surface area contributed by atoms with Crippen molar-refractivity contribution in [3.63, 3.8) is 0 Å². The molecule has 1 heteroatoms. The molecule has 0 aliphatic rings. The third kappa shape index (κ3) is 7.84. The summed E-state index contributed by atoms with van der Waals surface area (Å²) in [6, 6.07) is 0.742. The zero-order chi connectivity index (χ0) is 11.7. The van der Waals surface area contributed by atoms with Crippen molar-refractivity contribution >= 4 is 0 Å². The third-order valence-electron chi connectivity index (χ3n) is 3.34. The van der Waals surface area contributed by atoms with Crippen molar-refractivity contribution in [3.8, 4) is 0 Å². The third-order valence-corrected chi connectivity index (χ3v) is 3.34. The molecule has 0 saturated carbocycles. The SMILES string of the molecule is CCCC(C)CC(CC(C)CC)NCC. The molecule has 0 radical (unpaired) electrons. The van der Waals surface area contributed by atoms with Gasteiger partial charge >= 0.3 is 0 Å². The van der Waals surface area contributed by atoms with Crippen LogP contribution in [0.2, 0.25) is 0 Å². The first-order valence-electron chi connectivity index (χ1n) is 6.87. The molecule has 1 N–H and O–H groups in total. The predicted molar refractivity (Wildman–Crippen MR) is 70.2 cm³/mol. The Balaban J connectivity index is 3.91. The molecule has 0 bridgehead atoms. The summed E-state index contributed by atoms with van der Waals surface area (Å²) in [6.07, 6.45) is 6.71. The van der Waals surface area contributed by atoms with Gasteiger partial charge in [0.2, 0.25) is 0 Å². The molecular weight excluding hydrogens is 182 g/mol. The van der Waals surface area contributed by atoms with Gasteiger partial charge in [-0.3, -0.25) is 0 Å². The van der Waals surface area contributed by atoms with Crippen LogP contribution >= 0.6 is 0 Å². The highest BCUT2D eigenvalue weighted by atomic mass is 14.9. The van der Waals surface area contributed by atoms with Crippen molar-refractivity contribution in [2.45, 2.75) is 72.8 Å². The highest BCUT2D eigenvalue weighted by Gasteiger charge is 2.14. The van der Waals surface area contributed by atoms with Crippen molar-refractivity contribution < 1.29 is 0 Å². The van der Waals surface area contributed by atoms with Gasteiger partial charge in [-0.1, -0.05) is 53.9 Å². The summed E-state index contributed by atoms with van der Waals surface area (Å²) < 4.78 is 0. The van der Waals surface area contributed by atoms with Crippen molar-refractivity contribution in [1.82, 2.24) is 5.32 Å². The average molecular weight is 213 g/mol. The highest BCUT2D eigenvalue weighted by molar-refractivity contribution is 4.71. The molecular formula is C14H31N. The molecule has 0 saturated heterocycles. The molecule has 0 aromatic heterocycles. The summed E-state index contributed by atoms with van der Waals surface area (Å²) in [5.41, 5.74) is 0. The van der Waals surface area contributed by atoms with Gasteiger partial charge in [-0.15, -0.1) is 0 Å². The van der Waals surface area contributed by atoms with Crippen molar-refractivity contribution in [1.29, 1.82) is 0 Å². The van der Waals surface area contributed by atoms with Gasteiger partial charge < -0.3 is 5.32 Å². The van der Waals surface area contributed by atoms with Crippen LogP contribution in [0.1, 0.15) is 66.7 Å². The largest absolute Gasteiger partial charge is 0.314 e. The van der Waals surface area contributed by atoms with Crippen LogP contribution in [0.5, 0.6) is 0 Å². The summed E-state index contributed by atoms with van der Waals surface area (Å²) in [7, 11) is 0. The van der Waals surface area contributed by atoms with Crippen molar-refractivity contribution in [3.05, 3.63) is 0 Å². The summed E-state index contributed by atoms with van der Waals surface area (Å²) in [5, 5.41) is 3.64. The minimum Gasteiger partial charge on any atom is -0.314 e.